The maximum Gasteiger partial charge on any atom is 0.224 e. The van der Waals surface area contributed by atoms with E-state index in [-0.39, 0.29) is 0 Å². The van der Waals surface area contributed by atoms with E-state index < -0.39 is 0 Å². The van der Waals surface area contributed by atoms with Gasteiger partial charge in [-0.25, -0.2) is 4.98 Å². The predicted molar refractivity (Wildman–Crippen MR) is 74.9 cm³/mol. The summed E-state index contributed by atoms with van der Waals surface area (Å²) in [7, 11) is 0. The van der Waals surface area contributed by atoms with Crippen molar-refractivity contribution in [3.8, 4) is 0 Å². The highest BCUT2D eigenvalue weighted by Crippen LogP contribution is 2.07. The number of anilines is 2. The molecule has 0 fully saturated rings. The van der Waals surface area contributed by atoms with Crippen LogP contribution in [0.1, 0.15) is 24.7 Å². The van der Waals surface area contributed by atoms with Crippen molar-refractivity contribution in [1.82, 2.24) is 19.9 Å². The largest absolute Gasteiger partial charge is 0.364 e. The van der Waals surface area contributed by atoms with Gasteiger partial charge in [-0.1, -0.05) is 6.92 Å². The number of hydrogen-bond donors (Lipinski definition) is 2. The molecule has 2 rings (SSSR count). The molecule has 2 N–H and O–H groups in total. The summed E-state index contributed by atoms with van der Waals surface area (Å²) in [5, 5.41) is 6.35. The second-order valence-corrected chi connectivity index (χ2v) is 4.19. The van der Waals surface area contributed by atoms with Gasteiger partial charge in [0.25, 0.3) is 0 Å². The van der Waals surface area contributed by atoms with E-state index in [1.807, 2.05) is 13.0 Å². The molecular weight excluding hydrogens is 240 g/mol. The normalized spacial score (nSPS) is 10.2. The molecule has 0 radical (unpaired) electrons. The molecule has 6 nitrogen and oxygen atoms in total. The lowest BCUT2D eigenvalue weighted by molar-refractivity contribution is 0.944. The Balaban J connectivity index is 1.93. The average molecular weight is 258 g/mol. The highest BCUT2D eigenvalue weighted by Gasteiger charge is 1.99. The molecule has 6 heteroatoms. The monoisotopic (exact) mass is 258 g/mol. The molecular formula is C13H18N6. The zero-order valence-electron chi connectivity index (χ0n) is 11.2. The van der Waals surface area contributed by atoms with Gasteiger partial charge in [-0.05, 0) is 19.4 Å². The van der Waals surface area contributed by atoms with Crippen LogP contribution >= 0.6 is 0 Å². The molecule has 19 heavy (non-hydrogen) atoms. The first-order valence-corrected chi connectivity index (χ1v) is 6.36. The number of aromatic nitrogens is 4. The zero-order chi connectivity index (χ0) is 13.5. The molecule has 0 aliphatic rings. The Hall–Kier alpha value is -2.24. The molecule has 2 aromatic heterocycles. The molecule has 0 aliphatic heterocycles. The Morgan fingerprint density at radius 2 is 2.00 bits per heavy atom. The second-order valence-electron chi connectivity index (χ2n) is 4.19. The van der Waals surface area contributed by atoms with E-state index in [4.69, 9.17) is 0 Å². The van der Waals surface area contributed by atoms with Crippen molar-refractivity contribution in [3.63, 3.8) is 0 Å². The Morgan fingerprint density at radius 1 is 1.11 bits per heavy atom. The van der Waals surface area contributed by atoms with Crippen LogP contribution in [-0.4, -0.2) is 26.5 Å². The molecule has 0 unspecified atom stereocenters. The summed E-state index contributed by atoms with van der Waals surface area (Å²) in [5.41, 5.74) is 1.80. The molecule has 2 aromatic rings. The van der Waals surface area contributed by atoms with Gasteiger partial charge in [-0.2, -0.15) is 4.98 Å². The highest BCUT2D eigenvalue weighted by molar-refractivity contribution is 5.39. The molecule has 0 aromatic carbocycles. The van der Waals surface area contributed by atoms with Crippen LogP contribution in [0.15, 0.2) is 24.7 Å². The number of nitrogens with one attached hydrogen (secondary N) is 2. The molecule has 0 saturated carbocycles. The van der Waals surface area contributed by atoms with Crippen molar-refractivity contribution < 1.29 is 0 Å². The quantitative estimate of drug-likeness (QED) is 0.825. The minimum Gasteiger partial charge on any atom is -0.364 e. The van der Waals surface area contributed by atoms with Gasteiger partial charge in [-0.3, -0.25) is 9.97 Å². The summed E-state index contributed by atoms with van der Waals surface area (Å²) in [5.74, 6) is 1.41. The molecule has 0 bridgehead atoms. The molecule has 100 valence electrons. The summed E-state index contributed by atoms with van der Waals surface area (Å²) in [6, 6.07) is 1.83. The van der Waals surface area contributed by atoms with Crippen molar-refractivity contribution in [2.24, 2.45) is 0 Å². The Labute approximate surface area is 112 Å². The standard InChI is InChI=1S/C13H18N6/c1-3-5-14-13-15-6-4-12(19-13)18-9-11-8-16-10(2)7-17-11/h4,6-8H,3,5,9H2,1-2H3,(H2,14,15,18,19). The fourth-order valence-electron chi connectivity index (χ4n) is 1.47. The van der Waals surface area contributed by atoms with Gasteiger partial charge in [0.15, 0.2) is 0 Å². The number of aryl methyl sites for hydroxylation is 1. The first-order chi connectivity index (χ1) is 9.28. The van der Waals surface area contributed by atoms with E-state index in [2.05, 4.69) is 37.5 Å². The van der Waals surface area contributed by atoms with E-state index in [0.29, 0.717) is 12.5 Å². The number of nitrogens with zero attached hydrogens (tertiary/aromatic N) is 4. The summed E-state index contributed by atoms with van der Waals surface area (Å²) in [4.78, 5) is 17.0. The van der Waals surface area contributed by atoms with Gasteiger partial charge in [0.2, 0.25) is 5.95 Å². The van der Waals surface area contributed by atoms with Crippen molar-refractivity contribution in [1.29, 1.82) is 0 Å². The predicted octanol–water partition coefficient (Wildman–Crippen LogP) is 2.01. The summed E-state index contributed by atoms with van der Waals surface area (Å²) >= 11 is 0. The Kier molecular flexibility index (Phi) is 4.60. The maximum absolute atomic E-state index is 4.36. The van der Waals surface area contributed by atoms with Gasteiger partial charge in [0.05, 0.1) is 24.1 Å². The van der Waals surface area contributed by atoms with Crippen LogP contribution in [0.4, 0.5) is 11.8 Å². The molecule has 0 saturated heterocycles. The van der Waals surface area contributed by atoms with Crippen molar-refractivity contribution in [2.45, 2.75) is 26.8 Å². The highest BCUT2D eigenvalue weighted by atomic mass is 15.1. The lowest BCUT2D eigenvalue weighted by Gasteiger charge is -2.07. The van der Waals surface area contributed by atoms with Crippen LogP contribution in [0.25, 0.3) is 0 Å². The van der Waals surface area contributed by atoms with E-state index in [1.165, 1.54) is 0 Å². The lowest BCUT2D eigenvalue weighted by atomic mass is 10.4. The first-order valence-electron chi connectivity index (χ1n) is 6.36. The first kappa shape index (κ1) is 13.2. The fourth-order valence-corrected chi connectivity index (χ4v) is 1.47. The summed E-state index contributed by atoms with van der Waals surface area (Å²) in [6.07, 6.45) is 6.29. The Morgan fingerprint density at radius 3 is 2.74 bits per heavy atom. The molecule has 0 atom stereocenters. The minimum absolute atomic E-state index is 0.595. The van der Waals surface area contributed by atoms with Crippen LogP contribution < -0.4 is 10.6 Å². The van der Waals surface area contributed by atoms with Crippen LogP contribution in [0, 0.1) is 6.92 Å². The molecule has 0 spiro atoms. The van der Waals surface area contributed by atoms with Gasteiger partial charge in [0, 0.05) is 18.9 Å². The van der Waals surface area contributed by atoms with E-state index in [1.54, 1.807) is 18.6 Å². The molecule has 2 heterocycles. The SMILES string of the molecule is CCCNc1nccc(NCc2cnc(C)cn2)n1. The fraction of sp³-hybridized carbons (Fsp3) is 0.385. The van der Waals surface area contributed by atoms with Crippen LogP contribution in [0.5, 0.6) is 0 Å². The van der Waals surface area contributed by atoms with Crippen LogP contribution in [0.3, 0.4) is 0 Å². The Bertz CT molecular complexity index is 511. The zero-order valence-corrected chi connectivity index (χ0v) is 11.2. The third-order valence-corrected chi connectivity index (χ3v) is 2.47. The van der Waals surface area contributed by atoms with Crippen LogP contribution in [-0.2, 0) is 6.54 Å². The number of hydrogen-bond acceptors (Lipinski definition) is 6. The molecule has 0 aliphatic carbocycles. The topological polar surface area (TPSA) is 75.6 Å². The molecule has 0 amide bonds. The second kappa shape index (κ2) is 6.63. The average Bonchev–Trinajstić information content (AvgIpc) is 2.45. The number of rotatable bonds is 6. The minimum atomic E-state index is 0.595. The van der Waals surface area contributed by atoms with E-state index in [9.17, 15) is 0 Å². The van der Waals surface area contributed by atoms with E-state index in [0.717, 1.165) is 30.2 Å². The van der Waals surface area contributed by atoms with Crippen molar-refractivity contribution in [3.05, 3.63) is 36.0 Å². The summed E-state index contributed by atoms with van der Waals surface area (Å²) in [6.45, 7) is 5.48. The van der Waals surface area contributed by atoms with Gasteiger partial charge >= 0.3 is 0 Å². The third kappa shape index (κ3) is 4.17. The van der Waals surface area contributed by atoms with Crippen molar-refractivity contribution >= 4 is 11.8 Å². The third-order valence-electron chi connectivity index (χ3n) is 2.47. The van der Waals surface area contributed by atoms with E-state index >= 15 is 0 Å². The van der Waals surface area contributed by atoms with Gasteiger partial charge in [0.1, 0.15) is 5.82 Å². The van der Waals surface area contributed by atoms with Gasteiger partial charge in [-0.15, -0.1) is 0 Å². The lowest BCUT2D eigenvalue weighted by Crippen LogP contribution is -2.08. The summed E-state index contributed by atoms with van der Waals surface area (Å²) < 4.78 is 0. The smallest absolute Gasteiger partial charge is 0.224 e. The maximum atomic E-state index is 4.36. The van der Waals surface area contributed by atoms with Crippen LogP contribution in [0.2, 0.25) is 0 Å². The van der Waals surface area contributed by atoms with Crippen molar-refractivity contribution in [2.75, 3.05) is 17.2 Å². The van der Waals surface area contributed by atoms with Gasteiger partial charge < -0.3 is 10.6 Å².